The molecule has 0 radical (unpaired) electrons. The van der Waals surface area contributed by atoms with Gasteiger partial charge in [0.1, 0.15) is 12.4 Å². The van der Waals surface area contributed by atoms with Crippen LogP contribution in [0.15, 0.2) is 42.5 Å². The highest BCUT2D eigenvalue weighted by molar-refractivity contribution is 6.32. The van der Waals surface area contributed by atoms with Crippen molar-refractivity contribution >= 4 is 23.2 Å². The van der Waals surface area contributed by atoms with Gasteiger partial charge >= 0.3 is 0 Å². The normalized spacial score (nSPS) is 10.9. The van der Waals surface area contributed by atoms with Gasteiger partial charge in [0, 0.05) is 23.2 Å². The highest BCUT2D eigenvalue weighted by atomic mass is 35.5. The van der Waals surface area contributed by atoms with Gasteiger partial charge in [-0.15, -0.1) is 0 Å². The number of para-hydroxylation sites is 1. The van der Waals surface area contributed by atoms with Gasteiger partial charge in [0.25, 0.3) is 0 Å². The third-order valence-electron chi connectivity index (χ3n) is 3.02. The van der Waals surface area contributed by atoms with E-state index in [1.165, 1.54) is 0 Å². The van der Waals surface area contributed by atoms with E-state index in [0.29, 0.717) is 22.7 Å². The van der Waals surface area contributed by atoms with Crippen molar-refractivity contribution in [3.05, 3.63) is 63.6 Å². The van der Waals surface area contributed by atoms with Crippen molar-refractivity contribution in [1.82, 2.24) is 5.32 Å². The second-order valence-electron chi connectivity index (χ2n) is 5.18. The zero-order valence-corrected chi connectivity index (χ0v) is 13.7. The Bertz CT molecular complexity index is 599. The summed E-state index contributed by atoms with van der Waals surface area (Å²) in [7, 11) is 0. The number of rotatable bonds is 6. The maximum absolute atomic E-state index is 6.26. The van der Waals surface area contributed by atoms with Crippen LogP contribution >= 0.6 is 23.2 Å². The molecule has 2 nitrogen and oxygen atoms in total. The lowest BCUT2D eigenvalue weighted by Gasteiger charge is -2.15. The Hall–Kier alpha value is -1.22. The fourth-order valence-electron chi connectivity index (χ4n) is 1.95. The molecule has 0 aliphatic carbocycles. The van der Waals surface area contributed by atoms with Gasteiger partial charge in [-0.1, -0.05) is 61.3 Å². The molecule has 112 valence electrons. The molecule has 0 heterocycles. The van der Waals surface area contributed by atoms with Gasteiger partial charge in [0.15, 0.2) is 0 Å². The fraction of sp³-hybridized carbons (Fsp3) is 0.294. The predicted octanol–water partition coefficient (Wildman–Crippen LogP) is 5.07. The molecule has 0 fully saturated rings. The molecular weight excluding hydrogens is 305 g/mol. The minimum atomic E-state index is 0.407. The molecular formula is C17H19Cl2NO. The smallest absolute Gasteiger partial charge is 0.142 e. The molecule has 2 aromatic carbocycles. The first-order valence-corrected chi connectivity index (χ1v) is 7.70. The van der Waals surface area contributed by atoms with E-state index in [1.807, 2.05) is 42.5 Å². The Morgan fingerprint density at radius 2 is 1.86 bits per heavy atom. The van der Waals surface area contributed by atoms with Crippen molar-refractivity contribution in [2.24, 2.45) is 0 Å². The minimum Gasteiger partial charge on any atom is -0.487 e. The maximum Gasteiger partial charge on any atom is 0.142 e. The average Bonchev–Trinajstić information content (AvgIpc) is 2.44. The molecule has 2 aromatic rings. The first kappa shape index (κ1) is 16.2. The van der Waals surface area contributed by atoms with E-state index in [1.54, 1.807) is 0 Å². The van der Waals surface area contributed by atoms with Gasteiger partial charge in [-0.25, -0.2) is 0 Å². The molecule has 0 aromatic heterocycles. The summed E-state index contributed by atoms with van der Waals surface area (Å²) in [6.07, 6.45) is 0. The van der Waals surface area contributed by atoms with Crippen LogP contribution in [0.3, 0.4) is 0 Å². The number of hydrogen-bond donors (Lipinski definition) is 1. The first-order valence-electron chi connectivity index (χ1n) is 6.94. The molecule has 0 aliphatic heterocycles. The van der Waals surface area contributed by atoms with Crippen molar-refractivity contribution in [2.45, 2.75) is 33.0 Å². The SMILES string of the molecule is CC(C)NCc1cccc(Cl)c1OCc1cccc(Cl)c1. The molecule has 0 saturated heterocycles. The van der Waals surface area contributed by atoms with Gasteiger partial charge in [-0.3, -0.25) is 0 Å². The van der Waals surface area contributed by atoms with Gasteiger partial charge in [-0.2, -0.15) is 0 Å². The summed E-state index contributed by atoms with van der Waals surface area (Å²) in [6, 6.07) is 13.8. The quantitative estimate of drug-likeness (QED) is 0.801. The van der Waals surface area contributed by atoms with E-state index in [0.717, 1.165) is 23.4 Å². The molecule has 0 spiro atoms. The number of hydrogen-bond acceptors (Lipinski definition) is 2. The lowest BCUT2D eigenvalue weighted by Crippen LogP contribution is -2.22. The summed E-state index contributed by atoms with van der Waals surface area (Å²) < 4.78 is 5.91. The summed E-state index contributed by atoms with van der Waals surface area (Å²) in [6.45, 7) is 5.39. The maximum atomic E-state index is 6.26. The fourth-order valence-corrected chi connectivity index (χ4v) is 2.41. The molecule has 0 unspecified atom stereocenters. The molecule has 0 aliphatic rings. The average molecular weight is 324 g/mol. The molecule has 0 saturated carbocycles. The van der Waals surface area contributed by atoms with Crippen molar-refractivity contribution < 1.29 is 4.74 Å². The summed E-state index contributed by atoms with van der Waals surface area (Å²) in [5.41, 5.74) is 2.07. The molecule has 0 atom stereocenters. The topological polar surface area (TPSA) is 21.3 Å². The summed E-state index contributed by atoms with van der Waals surface area (Å²) in [4.78, 5) is 0. The van der Waals surface area contributed by atoms with Crippen LogP contribution in [0.1, 0.15) is 25.0 Å². The number of benzene rings is 2. The Kier molecular flexibility index (Phi) is 5.92. The lowest BCUT2D eigenvalue weighted by atomic mass is 10.2. The van der Waals surface area contributed by atoms with E-state index in [9.17, 15) is 0 Å². The highest BCUT2D eigenvalue weighted by Gasteiger charge is 2.09. The van der Waals surface area contributed by atoms with E-state index in [4.69, 9.17) is 27.9 Å². The summed E-state index contributed by atoms with van der Waals surface area (Å²) in [5, 5.41) is 4.71. The first-order chi connectivity index (χ1) is 10.1. The number of ether oxygens (including phenoxy) is 1. The van der Waals surface area contributed by atoms with Gasteiger partial charge in [0.05, 0.1) is 5.02 Å². The Balaban J connectivity index is 2.11. The second-order valence-corrected chi connectivity index (χ2v) is 6.03. The molecule has 0 amide bonds. The van der Waals surface area contributed by atoms with E-state index >= 15 is 0 Å². The summed E-state index contributed by atoms with van der Waals surface area (Å²) >= 11 is 12.2. The minimum absolute atomic E-state index is 0.407. The highest BCUT2D eigenvalue weighted by Crippen LogP contribution is 2.29. The van der Waals surface area contributed by atoms with Crippen LogP contribution in [-0.4, -0.2) is 6.04 Å². The van der Waals surface area contributed by atoms with Gasteiger partial charge in [0.2, 0.25) is 0 Å². The van der Waals surface area contributed by atoms with E-state index in [-0.39, 0.29) is 0 Å². The van der Waals surface area contributed by atoms with Crippen LogP contribution in [0.4, 0.5) is 0 Å². The zero-order valence-electron chi connectivity index (χ0n) is 12.2. The monoisotopic (exact) mass is 323 g/mol. The van der Waals surface area contributed by atoms with Gasteiger partial charge in [-0.05, 0) is 23.8 Å². The number of nitrogens with one attached hydrogen (secondary N) is 1. The number of halogens is 2. The lowest BCUT2D eigenvalue weighted by molar-refractivity contribution is 0.302. The third kappa shape index (κ3) is 4.92. The second kappa shape index (κ2) is 7.69. The predicted molar refractivity (Wildman–Crippen MR) is 89.2 cm³/mol. The Morgan fingerprint density at radius 3 is 2.57 bits per heavy atom. The molecule has 1 N–H and O–H groups in total. The Morgan fingerprint density at radius 1 is 1.10 bits per heavy atom. The van der Waals surface area contributed by atoms with Crippen LogP contribution in [0.25, 0.3) is 0 Å². The van der Waals surface area contributed by atoms with Crippen LogP contribution in [-0.2, 0) is 13.2 Å². The molecule has 21 heavy (non-hydrogen) atoms. The standard InChI is InChI=1S/C17H19Cl2NO/c1-12(2)20-10-14-6-4-8-16(19)17(14)21-11-13-5-3-7-15(18)9-13/h3-9,12,20H,10-11H2,1-2H3. The molecule has 2 rings (SSSR count). The van der Waals surface area contributed by atoms with E-state index in [2.05, 4.69) is 19.2 Å². The van der Waals surface area contributed by atoms with Crippen molar-refractivity contribution in [3.8, 4) is 5.75 Å². The third-order valence-corrected chi connectivity index (χ3v) is 3.55. The van der Waals surface area contributed by atoms with Gasteiger partial charge < -0.3 is 10.1 Å². The van der Waals surface area contributed by atoms with Crippen LogP contribution in [0.2, 0.25) is 10.0 Å². The largest absolute Gasteiger partial charge is 0.487 e. The molecule has 4 heteroatoms. The van der Waals surface area contributed by atoms with Crippen LogP contribution in [0, 0.1) is 0 Å². The Labute approximate surface area is 136 Å². The van der Waals surface area contributed by atoms with Crippen molar-refractivity contribution in [3.63, 3.8) is 0 Å². The summed E-state index contributed by atoms with van der Waals surface area (Å²) in [5.74, 6) is 0.729. The zero-order chi connectivity index (χ0) is 15.2. The van der Waals surface area contributed by atoms with Crippen molar-refractivity contribution in [2.75, 3.05) is 0 Å². The van der Waals surface area contributed by atoms with Crippen molar-refractivity contribution in [1.29, 1.82) is 0 Å². The van der Waals surface area contributed by atoms with Crippen LogP contribution in [0.5, 0.6) is 5.75 Å². The molecule has 0 bridgehead atoms. The van der Waals surface area contributed by atoms with E-state index < -0.39 is 0 Å². The van der Waals surface area contributed by atoms with Crippen LogP contribution < -0.4 is 10.1 Å².